The normalized spacial score (nSPS) is 19.4. The summed E-state index contributed by atoms with van der Waals surface area (Å²) in [7, 11) is 0. The van der Waals surface area contributed by atoms with Crippen LogP contribution in [-0.4, -0.2) is 67.4 Å². The minimum absolute atomic E-state index is 0.0174. The second kappa shape index (κ2) is 12.3. The molecule has 44 heavy (non-hydrogen) atoms. The van der Waals surface area contributed by atoms with Gasteiger partial charge in [-0.1, -0.05) is 54.6 Å². The number of carbonyl (C=O) groups excluding carboxylic acids is 3. The highest BCUT2D eigenvalue weighted by atomic mass is 16.6. The maximum Gasteiger partial charge on any atom is 0.338 e. The van der Waals surface area contributed by atoms with E-state index in [4.69, 9.17) is 14.2 Å². The van der Waals surface area contributed by atoms with E-state index in [2.05, 4.69) is 20.3 Å². The Bertz CT molecular complexity index is 1860. The third kappa shape index (κ3) is 5.82. The number of aromatic nitrogens is 4. The van der Waals surface area contributed by atoms with E-state index in [9.17, 15) is 24.3 Å². The maximum atomic E-state index is 13.0. The van der Waals surface area contributed by atoms with E-state index >= 15 is 0 Å². The predicted octanol–water partition coefficient (Wildman–Crippen LogP) is 2.71. The smallest absolute Gasteiger partial charge is 0.338 e. The van der Waals surface area contributed by atoms with Crippen LogP contribution < -0.4 is 10.9 Å². The number of carbonyl (C=O) groups is 3. The average molecular weight is 596 g/mol. The molecule has 13 nitrogen and oxygen atoms in total. The number of hydrogen-bond donors (Lipinski definition) is 3. The van der Waals surface area contributed by atoms with Crippen molar-refractivity contribution in [3.63, 3.8) is 0 Å². The Morgan fingerprint density at radius 1 is 0.886 bits per heavy atom. The molecule has 1 aliphatic rings. The topological polar surface area (TPSA) is 175 Å². The number of amides is 1. The monoisotopic (exact) mass is 595 g/mol. The first-order chi connectivity index (χ1) is 21.4. The summed E-state index contributed by atoms with van der Waals surface area (Å²) >= 11 is 0. The fraction of sp³-hybridized carbons (Fsp3) is 0.161. The summed E-state index contributed by atoms with van der Waals surface area (Å²) in [5.41, 5.74) is 0.128. The van der Waals surface area contributed by atoms with Gasteiger partial charge < -0.3 is 19.3 Å². The molecule has 1 saturated heterocycles. The summed E-state index contributed by atoms with van der Waals surface area (Å²) < 4.78 is 18.5. The van der Waals surface area contributed by atoms with Gasteiger partial charge in [-0.05, 0) is 36.4 Å². The summed E-state index contributed by atoms with van der Waals surface area (Å²) in [6.07, 6.45) is -3.91. The second-order valence-corrected chi connectivity index (χ2v) is 9.81. The van der Waals surface area contributed by atoms with Crippen LogP contribution in [0.25, 0.3) is 11.2 Å². The third-order valence-corrected chi connectivity index (χ3v) is 6.92. The molecular weight excluding hydrogens is 570 g/mol. The van der Waals surface area contributed by atoms with Gasteiger partial charge in [-0.3, -0.25) is 24.5 Å². The number of nitrogens with one attached hydrogen (secondary N) is 2. The van der Waals surface area contributed by atoms with Gasteiger partial charge >= 0.3 is 11.9 Å². The third-order valence-electron chi connectivity index (χ3n) is 6.92. The minimum Gasteiger partial charge on any atom is -0.459 e. The second-order valence-electron chi connectivity index (χ2n) is 9.81. The first-order valence-electron chi connectivity index (χ1n) is 13.5. The van der Waals surface area contributed by atoms with Crippen molar-refractivity contribution in [3.05, 3.63) is 124 Å². The number of ether oxygens (including phenoxy) is 3. The molecule has 1 fully saturated rings. The van der Waals surface area contributed by atoms with Crippen molar-refractivity contribution in [1.29, 1.82) is 0 Å². The summed E-state index contributed by atoms with van der Waals surface area (Å²) in [5, 5.41) is 13.9. The Hall–Kier alpha value is -5.66. The van der Waals surface area contributed by atoms with Crippen LogP contribution >= 0.6 is 0 Å². The molecule has 0 saturated carbocycles. The standard InChI is InChI=1S/C31H25N5O8/c37-23-24(44-30(41)20-14-8-3-9-15-20)21(16-42-29(40)19-12-6-2-7-13-19)43-28(23)36-17-32-22-25(36)33-31(35-27(22)39)34-26(38)18-10-4-1-5-11-18/h1-15,17,21,23-24,28,37H,16H2,(H2,33,34,35,38,39)/t21-,23-,24+,28-/m1/s1. The van der Waals surface area contributed by atoms with Crippen LogP contribution in [0.3, 0.4) is 0 Å². The quantitative estimate of drug-likeness (QED) is 0.226. The van der Waals surface area contributed by atoms with Crippen LogP contribution in [0.15, 0.2) is 102 Å². The number of hydrogen-bond acceptors (Lipinski definition) is 10. The van der Waals surface area contributed by atoms with Gasteiger partial charge in [-0.15, -0.1) is 0 Å². The highest BCUT2D eigenvalue weighted by Crippen LogP contribution is 2.34. The van der Waals surface area contributed by atoms with E-state index < -0.39 is 47.9 Å². The zero-order valence-electron chi connectivity index (χ0n) is 22.9. The van der Waals surface area contributed by atoms with E-state index in [1.165, 1.54) is 10.9 Å². The fourth-order valence-electron chi connectivity index (χ4n) is 4.75. The largest absolute Gasteiger partial charge is 0.459 e. The molecule has 0 aliphatic carbocycles. The Kier molecular flexibility index (Phi) is 7.95. The molecule has 6 rings (SSSR count). The number of aliphatic hydroxyl groups excluding tert-OH is 1. The SMILES string of the molecule is O=C(Nc1nc2c(ncn2[C@@H]2O[C@H](COC(=O)c3ccccc3)[C@H](OC(=O)c3ccccc3)[C@H]2O)c(=O)[nH]1)c1ccccc1. The molecule has 0 unspecified atom stereocenters. The number of aromatic amines is 1. The van der Waals surface area contributed by atoms with Crippen molar-refractivity contribution >= 4 is 35.0 Å². The average Bonchev–Trinajstić information content (AvgIpc) is 3.61. The van der Waals surface area contributed by atoms with Crippen molar-refractivity contribution < 1.29 is 33.7 Å². The number of rotatable bonds is 8. The van der Waals surface area contributed by atoms with Crippen molar-refractivity contribution in [2.45, 2.75) is 24.5 Å². The minimum atomic E-state index is -1.50. The summed E-state index contributed by atoms with van der Waals surface area (Å²) in [4.78, 5) is 62.0. The number of anilines is 1. The zero-order valence-corrected chi connectivity index (χ0v) is 22.9. The van der Waals surface area contributed by atoms with Gasteiger partial charge in [0.1, 0.15) is 18.8 Å². The molecule has 3 heterocycles. The number of aliphatic hydroxyl groups is 1. The van der Waals surface area contributed by atoms with E-state index in [-0.39, 0.29) is 29.3 Å². The summed E-state index contributed by atoms with van der Waals surface area (Å²) in [6.45, 7) is -0.368. The van der Waals surface area contributed by atoms with Gasteiger partial charge in [-0.2, -0.15) is 4.98 Å². The molecule has 0 bridgehead atoms. The molecule has 1 aliphatic heterocycles. The highest BCUT2D eigenvalue weighted by molar-refractivity contribution is 6.03. The molecule has 222 valence electrons. The molecule has 5 aromatic rings. The number of H-pyrrole nitrogens is 1. The van der Waals surface area contributed by atoms with Crippen LogP contribution in [0.2, 0.25) is 0 Å². The van der Waals surface area contributed by atoms with Gasteiger partial charge in [0, 0.05) is 5.56 Å². The Labute approximate surface area is 249 Å². The molecule has 3 aromatic carbocycles. The van der Waals surface area contributed by atoms with E-state index in [1.807, 2.05) is 0 Å². The van der Waals surface area contributed by atoms with Crippen LogP contribution in [0.4, 0.5) is 5.95 Å². The number of imidazole rings is 1. The molecule has 2 aromatic heterocycles. The fourth-order valence-corrected chi connectivity index (χ4v) is 4.75. The molecule has 4 atom stereocenters. The molecule has 3 N–H and O–H groups in total. The molecular formula is C31H25N5O8. The van der Waals surface area contributed by atoms with E-state index in [1.54, 1.807) is 91.0 Å². The zero-order chi connectivity index (χ0) is 30.6. The lowest BCUT2D eigenvalue weighted by molar-refractivity contribution is -0.0585. The molecule has 13 heteroatoms. The highest BCUT2D eigenvalue weighted by Gasteiger charge is 2.48. The van der Waals surface area contributed by atoms with Crippen LogP contribution in [0.5, 0.6) is 0 Å². The van der Waals surface area contributed by atoms with Gasteiger partial charge in [0.15, 0.2) is 23.5 Å². The van der Waals surface area contributed by atoms with Crippen LogP contribution in [0, 0.1) is 0 Å². The Morgan fingerprint density at radius 2 is 1.48 bits per heavy atom. The van der Waals surface area contributed by atoms with Crippen molar-refractivity contribution in [2.75, 3.05) is 11.9 Å². The first kappa shape index (κ1) is 28.5. The van der Waals surface area contributed by atoms with Gasteiger partial charge in [0.25, 0.3) is 11.5 Å². The maximum absolute atomic E-state index is 13.0. The van der Waals surface area contributed by atoms with Gasteiger partial charge in [-0.25, -0.2) is 14.6 Å². The number of nitrogens with zero attached hydrogens (tertiary/aromatic N) is 3. The van der Waals surface area contributed by atoms with E-state index in [0.717, 1.165) is 0 Å². The summed E-state index contributed by atoms with van der Waals surface area (Å²) in [6, 6.07) is 24.8. The van der Waals surface area contributed by atoms with Gasteiger partial charge in [0.05, 0.1) is 17.5 Å². The lowest BCUT2D eigenvalue weighted by Crippen LogP contribution is -2.38. The lowest BCUT2D eigenvalue weighted by atomic mass is 10.1. The van der Waals surface area contributed by atoms with Crippen LogP contribution in [0.1, 0.15) is 37.3 Å². The van der Waals surface area contributed by atoms with Crippen molar-refractivity contribution in [3.8, 4) is 0 Å². The number of benzene rings is 3. The van der Waals surface area contributed by atoms with Crippen LogP contribution in [-0.2, 0) is 14.2 Å². The van der Waals surface area contributed by atoms with Crippen molar-refractivity contribution in [2.24, 2.45) is 0 Å². The van der Waals surface area contributed by atoms with Crippen molar-refractivity contribution in [1.82, 2.24) is 19.5 Å². The van der Waals surface area contributed by atoms with Gasteiger partial charge in [0.2, 0.25) is 5.95 Å². The molecule has 0 spiro atoms. The lowest BCUT2D eigenvalue weighted by Gasteiger charge is -2.20. The number of fused-ring (bicyclic) bond motifs is 1. The predicted molar refractivity (Wildman–Crippen MR) is 155 cm³/mol. The summed E-state index contributed by atoms with van der Waals surface area (Å²) in [5.74, 6) is -2.04. The molecule has 0 radical (unpaired) electrons. The molecule has 1 amide bonds. The Balaban J connectivity index is 1.28. The first-order valence-corrected chi connectivity index (χ1v) is 13.5. The number of esters is 2. The Morgan fingerprint density at radius 3 is 2.11 bits per heavy atom. The van der Waals surface area contributed by atoms with E-state index in [0.29, 0.717) is 11.1 Å².